The minimum absolute atomic E-state index is 0.258. The van der Waals surface area contributed by atoms with Gasteiger partial charge < -0.3 is 15.2 Å². The lowest BCUT2D eigenvalue weighted by Gasteiger charge is -2.27. The molecule has 2 saturated heterocycles. The van der Waals surface area contributed by atoms with Crippen molar-refractivity contribution < 1.29 is 19.4 Å². The van der Waals surface area contributed by atoms with E-state index in [9.17, 15) is 14.7 Å². The number of rotatable bonds is 10. The van der Waals surface area contributed by atoms with Crippen molar-refractivity contribution in [2.75, 3.05) is 0 Å². The molecule has 0 bridgehead atoms. The molecule has 0 aliphatic carbocycles. The van der Waals surface area contributed by atoms with E-state index in [1.807, 2.05) is 18.2 Å². The highest BCUT2D eigenvalue weighted by Crippen LogP contribution is 2.51. The quantitative estimate of drug-likeness (QED) is 0.252. The van der Waals surface area contributed by atoms with Crippen LogP contribution in [-0.4, -0.2) is 34.2 Å². The number of aliphatic hydroxyl groups is 1. The van der Waals surface area contributed by atoms with Crippen molar-refractivity contribution >= 4 is 11.7 Å². The Balaban J connectivity index is 1.87. The molecule has 0 radical (unpaired) electrons. The predicted octanol–water partition coefficient (Wildman–Crippen LogP) is 3.85. The number of nitrogens with one attached hydrogen (secondary N) is 1. The molecule has 2 fully saturated rings. The lowest BCUT2D eigenvalue weighted by atomic mass is 9.91. The standard InChI is InChI=1S/C24H35NO4/c1-7-17(4)14-19(6)15-18(5)12-10-8-9-11-13-20(26)23-21(29-23)24(28,16(2)3)25-22(23)27/h8-13,15-17,19,21,28H,7,14H2,1-6H3,(H,25,27)/b9-8+,12-10+,13-11+,18-15+/t17-,19+,21+,23-,24+/m0/s1. The molecule has 5 atom stereocenters. The maximum absolute atomic E-state index is 12.5. The zero-order chi connectivity index (χ0) is 21.8. The number of epoxide rings is 1. The summed E-state index contributed by atoms with van der Waals surface area (Å²) >= 11 is 0. The molecule has 2 aliphatic heterocycles. The van der Waals surface area contributed by atoms with E-state index in [1.54, 1.807) is 26.0 Å². The highest BCUT2D eigenvalue weighted by molar-refractivity contribution is 6.19. The number of ether oxygens (including phenoxy) is 1. The Hall–Kier alpha value is -1.98. The van der Waals surface area contributed by atoms with Gasteiger partial charge in [-0.15, -0.1) is 0 Å². The molecular formula is C24H35NO4. The summed E-state index contributed by atoms with van der Waals surface area (Å²) in [7, 11) is 0. The van der Waals surface area contributed by atoms with Crippen LogP contribution in [-0.2, 0) is 14.3 Å². The Bertz CT molecular complexity index is 748. The first kappa shape index (κ1) is 23.3. The van der Waals surface area contributed by atoms with E-state index >= 15 is 0 Å². The van der Waals surface area contributed by atoms with Gasteiger partial charge in [-0.05, 0) is 31.3 Å². The van der Waals surface area contributed by atoms with Crippen molar-refractivity contribution in [1.29, 1.82) is 0 Å². The number of hydrogen-bond donors (Lipinski definition) is 2. The van der Waals surface area contributed by atoms with Crippen LogP contribution < -0.4 is 5.32 Å². The van der Waals surface area contributed by atoms with Crippen molar-refractivity contribution in [2.45, 2.75) is 71.8 Å². The number of morpholine rings is 1. The maximum Gasteiger partial charge on any atom is 0.265 e. The molecule has 2 rings (SSSR count). The molecule has 5 nitrogen and oxygen atoms in total. The topological polar surface area (TPSA) is 78.9 Å². The van der Waals surface area contributed by atoms with Gasteiger partial charge in [-0.2, -0.15) is 0 Å². The number of fused-ring (bicyclic) bond motifs is 1. The van der Waals surface area contributed by atoms with Gasteiger partial charge in [0.15, 0.2) is 17.6 Å². The van der Waals surface area contributed by atoms with E-state index in [0.717, 1.165) is 5.92 Å². The monoisotopic (exact) mass is 401 g/mol. The third-order valence-corrected chi connectivity index (χ3v) is 5.87. The Morgan fingerprint density at radius 1 is 1.17 bits per heavy atom. The lowest BCUT2D eigenvalue weighted by Crippen LogP contribution is -2.52. The highest BCUT2D eigenvalue weighted by Gasteiger charge is 2.80. The number of carbonyl (C=O) groups excluding carboxylic acids is 2. The van der Waals surface area contributed by atoms with Crippen LogP contribution in [0.5, 0.6) is 0 Å². The largest absolute Gasteiger partial charge is 0.368 e. The number of allylic oxidation sites excluding steroid dienone is 7. The van der Waals surface area contributed by atoms with Gasteiger partial charge in [0.2, 0.25) is 5.60 Å². The molecule has 29 heavy (non-hydrogen) atoms. The van der Waals surface area contributed by atoms with Crippen LogP contribution in [0, 0.1) is 17.8 Å². The Kier molecular flexibility index (Phi) is 7.41. The summed E-state index contributed by atoms with van der Waals surface area (Å²) in [5.74, 6) is 0.00829. The fourth-order valence-electron chi connectivity index (χ4n) is 3.79. The molecule has 0 aromatic rings. The third kappa shape index (κ3) is 4.96. The second kappa shape index (κ2) is 9.23. The molecule has 2 aliphatic rings. The van der Waals surface area contributed by atoms with Gasteiger partial charge in [0.05, 0.1) is 0 Å². The number of amides is 1. The molecular weight excluding hydrogens is 366 g/mol. The van der Waals surface area contributed by atoms with Crippen molar-refractivity contribution in [1.82, 2.24) is 5.32 Å². The first-order valence-corrected chi connectivity index (χ1v) is 10.5. The maximum atomic E-state index is 12.5. The van der Waals surface area contributed by atoms with Crippen LogP contribution >= 0.6 is 0 Å². The summed E-state index contributed by atoms with van der Waals surface area (Å²) in [6.07, 6.45) is 14.3. The summed E-state index contributed by atoms with van der Waals surface area (Å²) in [5.41, 5.74) is -1.85. The van der Waals surface area contributed by atoms with E-state index in [2.05, 4.69) is 39.1 Å². The van der Waals surface area contributed by atoms with Crippen molar-refractivity contribution in [3.63, 3.8) is 0 Å². The molecule has 0 saturated carbocycles. The highest BCUT2D eigenvalue weighted by atomic mass is 16.6. The van der Waals surface area contributed by atoms with E-state index in [1.165, 1.54) is 24.5 Å². The average molecular weight is 402 g/mol. The van der Waals surface area contributed by atoms with Crippen molar-refractivity contribution in [3.8, 4) is 0 Å². The minimum atomic E-state index is -1.57. The van der Waals surface area contributed by atoms with Gasteiger partial charge in [0.25, 0.3) is 5.91 Å². The lowest BCUT2D eigenvalue weighted by molar-refractivity contribution is -0.139. The summed E-state index contributed by atoms with van der Waals surface area (Å²) in [5, 5.41) is 13.0. The zero-order valence-corrected chi connectivity index (χ0v) is 18.4. The number of ketones is 1. The van der Waals surface area contributed by atoms with E-state index in [0.29, 0.717) is 5.92 Å². The summed E-state index contributed by atoms with van der Waals surface area (Å²) in [6.45, 7) is 12.4. The summed E-state index contributed by atoms with van der Waals surface area (Å²) in [6, 6.07) is 0. The summed E-state index contributed by atoms with van der Waals surface area (Å²) < 4.78 is 5.37. The van der Waals surface area contributed by atoms with Crippen LogP contribution in [0.25, 0.3) is 0 Å². The van der Waals surface area contributed by atoms with E-state index in [-0.39, 0.29) is 5.92 Å². The Morgan fingerprint density at radius 2 is 1.79 bits per heavy atom. The number of hydrogen-bond acceptors (Lipinski definition) is 4. The molecule has 0 aromatic carbocycles. The predicted molar refractivity (Wildman–Crippen MR) is 115 cm³/mol. The third-order valence-electron chi connectivity index (χ3n) is 5.87. The zero-order valence-electron chi connectivity index (χ0n) is 18.4. The average Bonchev–Trinajstić information content (AvgIpc) is 3.36. The van der Waals surface area contributed by atoms with E-state index < -0.39 is 29.1 Å². The molecule has 1 amide bonds. The van der Waals surface area contributed by atoms with Crippen LogP contribution in [0.1, 0.15) is 54.4 Å². The minimum Gasteiger partial charge on any atom is -0.368 e. The first-order chi connectivity index (χ1) is 13.6. The molecule has 0 aromatic heterocycles. The van der Waals surface area contributed by atoms with Gasteiger partial charge in [-0.1, -0.05) is 83.1 Å². The molecule has 2 heterocycles. The normalized spacial score (nSPS) is 31.7. The van der Waals surface area contributed by atoms with Gasteiger partial charge in [0, 0.05) is 5.92 Å². The van der Waals surface area contributed by atoms with Crippen molar-refractivity contribution in [3.05, 3.63) is 48.1 Å². The SMILES string of the molecule is CC[C@H](C)C[C@@H](C)/C=C(C)/C=C/C=C/C=C/C(=O)[C@]12O[C@H]1[C@](O)(C(C)C)NC2=O. The number of carbonyl (C=O) groups is 2. The van der Waals surface area contributed by atoms with Gasteiger partial charge in [0.1, 0.15) is 0 Å². The van der Waals surface area contributed by atoms with Crippen molar-refractivity contribution in [2.24, 2.45) is 17.8 Å². The molecule has 160 valence electrons. The molecule has 2 N–H and O–H groups in total. The molecule has 0 spiro atoms. The van der Waals surface area contributed by atoms with Gasteiger partial charge >= 0.3 is 0 Å². The van der Waals surface area contributed by atoms with E-state index in [4.69, 9.17) is 4.74 Å². The fraction of sp³-hybridized carbons (Fsp3) is 0.583. The van der Waals surface area contributed by atoms with Gasteiger partial charge in [-0.3, -0.25) is 9.59 Å². The summed E-state index contributed by atoms with van der Waals surface area (Å²) in [4.78, 5) is 24.7. The smallest absolute Gasteiger partial charge is 0.265 e. The molecule has 0 unspecified atom stereocenters. The van der Waals surface area contributed by atoms with Crippen LogP contribution in [0.4, 0.5) is 0 Å². The fourth-order valence-corrected chi connectivity index (χ4v) is 3.79. The van der Waals surface area contributed by atoms with Gasteiger partial charge in [-0.25, -0.2) is 0 Å². The molecule has 5 heteroatoms. The Labute approximate surface area is 174 Å². The Morgan fingerprint density at radius 3 is 2.31 bits per heavy atom. The van der Waals surface area contributed by atoms with Crippen LogP contribution in [0.2, 0.25) is 0 Å². The first-order valence-electron chi connectivity index (χ1n) is 10.5. The van der Waals surface area contributed by atoms with Crippen LogP contribution in [0.15, 0.2) is 48.1 Å². The second-order valence-corrected chi connectivity index (χ2v) is 8.77. The van der Waals surface area contributed by atoms with Crippen LogP contribution in [0.3, 0.4) is 0 Å². The second-order valence-electron chi connectivity index (χ2n) is 8.77.